The monoisotopic (exact) mass is 587 g/mol. The fraction of sp³-hybridized carbons (Fsp3) is 0.481. The maximum atomic E-state index is 12.8. The van der Waals surface area contributed by atoms with Crippen molar-refractivity contribution in [2.75, 3.05) is 12.3 Å². The van der Waals surface area contributed by atoms with E-state index in [0.29, 0.717) is 12.0 Å². The van der Waals surface area contributed by atoms with Gasteiger partial charge in [0.1, 0.15) is 29.3 Å². The number of aliphatic hydroxyl groups is 1. The number of ketones is 1. The van der Waals surface area contributed by atoms with Gasteiger partial charge in [0.15, 0.2) is 5.78 Å². The first-order valence-electron chi connectivity index (χ1n) is 12.5. The predicted octanol–water partition coefficient (Wildman–Crippen LogP) is 4.48. The van der Waals surface area contributed by atoms with E-state index in [1.807, 2.05) is 6.07 Å². The van der Waals surface area contributed by atoms with Crippen molar-refractivity contribution in [3.63, 3.8) is 0 Å². The quantitative estimate of drug-likeness (QED) is 0.368. The van der Waals surface area contributed by atoms with Crippen molar-refractivity contribution in [1.82, 2.24) is 5.32 Å². The molecule has 1 aliphatic rings. The fourth-order valence-electron chi connectivity index (χ4n) is 4.22. The average Bonchev–Trinajstić information content (AvgIpc) is 3.18. The van der Waals surface area contributed by atoms with Crippen molar-refractivity contribution < 1.29 is 49.9 Å². The van der Waals surface area contributed by atoms with E-state index in [-0.39, 0.29) is 11.5 Å². The summed E-state index contributed by atoms with van der Waals surface area (Å²) in [6.45, 7) is 4.55. The van der Waals surface area contributed by atoms with Crippen LogP contribution in [0, 0.1) is 5.92 Å². The third-order valence-corrected chi connectivity index (χ3v) is 7.13. The number of halogens is 3. The second-order valence-corrected chi connectivity index (χ2v) is 12.1. The highest BCUT2D eigenvalue weighted by Crippen LogP contribution is 2.41. The summed E-state index contributed by atoms with van der Waals surface area (Å²) in [5.74, 6) is -2.21. The molecule has 0 radical (unpaired) electrons. The van der Waals surface area contributed by atoms with Crippen LogP contribution < -0.4 is 14.2 Å². The summed E-state index contributed by atoms with van der Waals surface area (Å²) in [6, 6.07) is 12.7. The number of aliphatic hydroxyl groups excluding tert-OH is 1. The molecule has 3 rings (SSSR count). The summed E-state index contributed by atoms with van der Waals surface area (Å²) in [7, 11) is -4.30. The number of hydrogen-bond donors (Lipinski definition) is 2. The maximum Gasteiger partial charge on any atom is 0.408 e. The van der Waals surface area contributed by atoms with Gasteiger partial charge >= 0.3 is 22.4 Å². The summed E-state index contributed by atoms with van der Waals surface area (Å²) in [5, 5.41) is 13.3. The Kier molecular flexibility index (Phi) is 9.72. The second kappa shape index (κ2) is 12.5. The molecule has 0 bridgehead atoms. The minimum absolute atomic E-state index is 0.154. The molecule has 1 aliphatic carbocycles. The van der Waals surface area contributed by atoms with Crippen molar-refractivity contribution in [1.29, 1.82) is 0 Å². The Balaban J connectivity index is 1.71. The zero-order valence-corrected chi connectivity index (χ0v) is 23.0. The van der Waals surface area contributed by atoms with E-state index >= 15 is 0 Å². The highest BCUT2D eigenvalue weighted by molar-refractivity contribution is 7.87. The molecule has 0 heterocycles. The molecule has 3 unspecified atom stereocenters. The van der Waals surface area contributed by atoms with Crippen LogP contribution in [0.25, 0.3) is 0 Å². The van der Waals surface area contributed by atoms with Crippen molar-refractivity contribution >= 4 is 22.0 Å². The van der Waals surface area contributed by atoms with E-state index in [9.17, 15) is 36.3 Å². The highest BCUT2D eigenvalue weighted by atomic mass is 32.2. The van der Waals surface area contributed by atoms with Gasteiger partial charge < -0.3 is 24.1 Å². The van der Waals surface area contributed by atoms with Crippen LogP contribution >= 0.6 is 0 Å². The molecule has 0 spiro atoms. The van der Waals surface area contributed by atoms with Crippen LogP contribution in [0.5, 0.6) is 11.5 Å². The predicted molar refractivity (Wildman–Crippen MR) is 138 cm³/mol. The summed E-state index contributed by atoms with van der Waals surface area (Å²) in [4.78, 5) is 24.7. The summed E-state index contributed by atoms with van der Waals surface area (Å²) in [6.07, 6.45) is -9.21. The van der Waals surface area contributed by atoms with Crippen molar-refractivity contribution in [3.8, 4) is 11.5 Å². The number of Topliss-reactive ketones (excluding diaryl/α,β-unsaturated/α-hetero) is 1. The van der Waals surface area contributed by atoms with Gasteiger partial charge in [0.2, 0.25) is 0 Å². The zero-order valence-electron chi connectivity index (χ0n) is 22.2. The molecule has 0 aliphatic heterocycles. The number of alkyl carbamates (subject to hydrolysis) is 1. The lowest BCUT2D eigenvalue weighted by molar-refractivity contribution is -0.134. The largest absolute Gasteiger partial charge is 0.485 e. The smallest absolute Gasteiger partial charge is 0.408 e. The van der Waals surface area contributed by atoms with Crippen LogP contribution in [0.3, 0.4) is 0 Å². The Labute approximate surface area is 230 Å². The van der Waals surface area contributed by atoms with E-state index in [0.717, 1.165) is 5.56 Å². The Morgan fingerprint density at radius 2 is 1.75 bits per heavy atom. The molecule has 13 heteroatoms. The Morgan fingerprint density at radius 3 is 2.42 bits per heavy atom. The van der Waals surface area contributed by atoms with Crippen LogP contribution in [-0.4, -0.2) is 55.6 Å². The number of fused-ring (bicyclic) bond motifs is 1. The lowest BCUT2D eigenvalue weighted by atomic mass is 9.93. The Morgan fingerprint density at radius 1 is 1.07 bits per heavy atom. The number of alkyl halides is 3. The molecule has 2 aromatic carbocycles. The van der Waals surface area contributed by atoms with E-state index in [4.69, 9.17) is 13.7 Å². The number of carbonyl (C=O) groups excluding carboxylic acids is 2. The number of nitrogens with one attached hydrogen (secondary N) is 1. The van der Waals surface area contributed by atoms with Crippen molar-refractivity contribution in [2.24, 2.45) is 5.92 Å². The van der Waals surface area contributed by atoms with Gasteiger partial charge in [0.25, 0.3) is 0 Å². The number of hydrogen-bond acceptors (Lipinski definition) is 8. The van der Waals surface area contributed by atoms with E-state index in [1.165, 1.54) is 24.3 Å². The van der Waals surface area contributed by atoms with E-state index in [1.54, 1.807) is 39.0 Å². The minimum Gasteiger partial charge on any atom is -0.485 e. The second-order valence-electron chi connectivity index (χ2n) is 10.4. The van der Waals surface area contributed by atoms with Crippen LogP contribution in [0.1, 0.15) is 50.8 Å². The molecule has 220 valence electrons. The van der Waals surface area contributed by atoms with Gasteiger partial charge in [-0.2, -0.15) is 21.6 Å². The third kappa shape index (κ3) is 9.40. The Bertz CT molecular complexity index is 1310. The van der Waals surface area contributed by atoms with Gasteiger partial charge in [-0.3, -0.25) is 4.79 Å². The summed E-state index contributed by atoms with van der Waals surface area (Å²) < 4.78 is 77.6. The summed E-state index contributed by atoms with van der Waals surface area (Å²) >= 11 is 0. The number of amides is 1. The molecule has 2 N–H and O–H groups in total. The van der Waals surface area contributed by atoms with Crippen LogP contribution in [0.15, 0.2) is 48.5 Å². The van der Waals surface area contributed by atoms with Gasteiger partial charge in [0, 0.05) is 18.4 Å². The number of rotatable bonds is 11. The van der Waals surface area contributed by atoms with Gasteiger partial charge in [-0.25, -0.2) is 4.79 Å². The molecular weight excluding hydrogens is 555 g/mol. The van der Waals surface area contributed by atoms with Gasteiger partial charge in [-0.15, -0.1) is 0 Å². The summed E-state index contributed by atoms with van der Waals surface area (Å²) in [5.41, 5.74) is 0.785. The number of benzene rings is 2. The molecule has 0 saturated heterocycles. The number of carbonyl (C=O) groups is 2. The van der Waals surface area contributed by atoms with Crippen LogP contribution in [0.2, 0.25) is 0 Å². The lowest BCUT2D eigenvalue weighted by Gasteiger charge is -2.26. The molecule has 0 aromatic heterocycles. The first-order chi connectivity index (χ1) is 18.5. The maximum absolute atomic E-state index is 12.8. The van der Waals surface area contributed by atoms with Gasteiger partial charge in [0.05, 0.1) is 12.3 Å². The molecule has 3 atom stereocenters. The lowest BCUT2D eigenvalue weighted by Crippen LogP contribution is -2.42. The molecule has 2 aromatic rings. The standard InChI is InChI=1S/C27H32F3NO8S/c1-26(2,3)38-25(34)31-16-22(32)23(33)21-14-17-8-4-5-11-20(17)24(21)37-18-9-6-10-19(15-18)39-40(35,36)13-7-12-27(28,29)30/h4-6,8-11,15,21,23-24,33H,7,12-14,16H2,1-3H3,(H,31,34). The molecule has 1 amide bonds. The average molecular weight is 588 g/mol. The molecule has 0 saturated carbocycles. The van der Waals surface area contributed by atoms with Crippen LogP contribution in [0.4, 0.5) is 18.0 Å². The molecule has 9 nitrogen and oxygen atoms in total. The molecule has 0 fully saturated rings. The van der Waals surface area contributed by atoms with Gasteiger partial charge in [-0.1, -0.05) is 30.3 Å². The minimum atomic E-state index is -4.48. The molecular formula is C27H32F3NO8S. The zero-order chi connectivity index (χ0) is 29.7. The first kappa shape index (κ1) is 31.2. The van der Waals surface area contributed by atoms with E-state index < -0.39 is 77.0 Å². The normalized spacial score (nSPS) is 18.0. The van der Waals surface area contributed by atoms with Crippen LogP contribution in [-0.2, 0) is 26.1 Å². The van der Waals surface area contributed by atoms with Crippen molar-refractivity contribution in [3.05, 3.63) is 59.7 Å². The SMILES string of the molecule is CC(C)(C)OC(=O)NCC(=O)C(O)C1Cc2ccccc2C1Oc1cccc(OS(=O)(=O)CCCC(F)(F)F)c1. The fourth-order valence-corrected chi connectivity index (χ4v) is 5.20. The first-order valence-corrected chi connectivity index (χ1v) is 14.1. The highest BCUT2D eigenvalue weighted by Gasteiger charge is 2.41. The third-order valence-electron chi connectivity index (χ3n) is 5.89. The van der Waals surface area contributed by atoms with Gasteiger partial charge in [-0.05, 0) is 56.9 Å². The van der Waals surface area contributed by atoms with Crippen molar-refractivity contribution in [2.45, 2.75) is 64.0 Å². The number of ether oxygens (including phenoxy) is 2. The van der Waals surface area contributed by atoms with E-state index in [2.05, 4.69) is 5.32 Å². The Hall–Kier alpha value is -3.32. The molecule has 40 heavy (non-hydrogen) atoms. The topological polar surface area (TPSA) is 128 Å².